The topological polar surface area (TPSA) is 6.48 Å². The van der Waals surface area contributed by atoms with E-state index >= 15 is 0 Å². The van der Waals surface area contributed by atoms with Crippen LogP contribution in [-0.4, -0.2) is 54.8 Å². The van der Waals surface area contributed by atoms with Gasteiger partial charge in [-0.25, -0.2) is 0 Å². The highest BCUT2D eigenvalue weighted by molar-refractivity contribution is 7.98. The fourth-order valence-corrected chi connectivity index (χ4v) is 4.31. The minimum atomic E-state index is 0. The van der Waals surface area contributed by atoms with Crippen molar-refractivity contribution in [1.82, 2.24) is 9.80 Å². The van der Waals surface area contributed by atoms with Crippen LogP contribution in [-0.2, 0) is 12.2 Å². The van der Waals surface area contributed by atoms with Gasteiger partial charge in [-0.2, -0.15) is 11.8 Å². The number of hydrogen-bond acceptors (Lipinski definition) is 3. The quantitative estimate of drug-likeness (QED) is 0.520. The molecule has 1 fully saturated rings. The summed E-state index contributed by atoms with van der Waals surface area (Å²) in [6.45, 7) is 7.41. The molecular formula is C22H32Cl2N2S. The fourth-order valence-electron chi connectivity index (χ4n) is 3.35. The molecular weight excluding hydrogens is 395 g/mol. The summed E-state index contributed by atoms with van der Waals surface area (Å²) in [7, 11) is 0. The Labute approximate surface area is 181 Å². The highest BCUT2D eigenvalue weighted by Gasteiger charge is 2.15. The Hall–Kier alpha value is -0.710. The van der Waals surface area contributed by atoms with Gasteiger partial charge in [0.1, 0.15) is 0 Å². The first-order valence-electron chi connectivity index (χ1n) is 9.50. The lowest BCUT2D eigenvalue weighted by molar-refractivity contribution is 0.137. The normalized spacial score (nSPS) is 15.0. The molecule has 0 aromatic heterocycles. The van der Waals surface area contributed by atoms with Crippen LogP contribution in [0, 0.1) is 0 Å². The second-order valence-corrected chi connectivity index (χ2v) is 7.92. The molecule has 3 rings (SSSR count). The maximum absolute atomic E-state index is 2.64. The molecule has 1 aliphatic rings. The van der Waals surface area contributed by atoms with E-state index in [0.717, 1.165) is 5.75 Å². The molecule has 0 radical (unpaired) electrons. The van der Waals surface area contributed by atoms with Crippen molar-refractivity contribution < 1.29 is 0 Å². The average molecular weight is 427 g/mol. The Morgan fingerprint density at radius 2 is 1.19 bits per heavy atom. The molecule has 1 heterocycles. The second kappa shape index (κ2) is 14.3. The third-order valence-electron chi connectivity index (χ3n) is 4.91. The molecule has 0 amide bonds. The number of halogens is 2. The van der Waals surface area contributed by atoms with Gasteiger partial charge in [0.25, 0.3) is 0 Å². The molecule has 27 heavy (non-hydrogen) atoms. The summed E-state index contributed by atoms with van der Waals surface area (Å²) in [5.41, 5.74) is 2.91. The molecule has 5 heteroatoms. The molecule has 0 aliphatic carbocycles. The van der Waals surface area contributed by atoms with Crippen LogP contribution in [0.5, 0.6) is 0 Å². The van der Waals surface area contributed by atoms with Gasteiger partial charge in [-0.05, 0) is 30.5 Å². The average Bonchev–Trinajstić information content (AvgIpc) is 2.68. The van der Waals surface area contributed by atoms with Crippen molar-refractivity contribution in [3.05, 3.63) is 71.8 Å². The lowest BCUT2D eigenvalue weighted by Crippen LogP contribution is -2.47. The predicted octanol–water partition coefficient (Wildman–Crippen LogP) is 5.01. The van der Waals surface area contributed by atoms with Crippen LogP contribution in [0.1, 0.15) is 17.5 Å². The van der Waals surface area contributed by atoms with Gasteiger partial charge in [-0.15, -0.1) is 24.8 Å². The van der Waals surface area contributed by atoms with Gasteiger partial charge in [0.15, 0.2) is 0 Å². The van der Waals surface area contributed by atoms with E-state index in [1.807, 2.05) is 0 Å². The van der Waals surface area contributed by atoms with Crippen LogP contribution in [0.25, 0.3) is 0 Å². The maximum Gasteiger partial charge on any atom is 0.0185 e. The summed E-state index contributed by atoms with van der Waals surface area (Å²) >= 11 is 2.06. The van der Waals surface area contributed by atoms with Gasteiger partial charge in [0.2, 0.25) is 0 Å². The van der Waals surface area contributed by atoms with Crippen molar-refractivity contribution in [2.75, 3.05) is 45.0 Å². The Balaban J connectivity index is 0.00000182. The first kappa shape index (κ1) is 24.3. The molecule has 2 nitrogen and oxygen atoms in total. The van der Waals surface area contributed by atoms with Crippen molar-refractivity contribution >= 4 is 36.6 Å². The molecule has 0 N–H and O–H groups in total. The number of aryl methyl sites for hydroxylation is 1. The van der Waals surface area contributed by atoms with Gasteiger partial charge < -0.3 is 4.90 Å². The number of piperazine rings is 1. The van der Waals surface area contributed by atoms with Crippen molar-refractivity contribution in [3.8, 4) is 0 Å². The van der Waals surface area contributed by atoms with E-state index in [2.05, 4.69) is 82.2 Å². The summed E-state index contributed by atoms with van der Waals surface area (Å²) in [5, 5.41) is 0. The Morgan fingerprint density at radius 3 is 1.78 bits per heavy atom. The first-order valence-corrected chi connectivity index (χ1v) is 10.7. The minimum absolute atomic E-state index is 0. The molecule has 0 saturated carbocycles. The van der Waals surface area contributed by atoms with Crippen molar-refractivity contribution in [1.29, 1.82) is 0 Å². The standard InChI is InChI=1S/C22H30N2S.2ClH/c1-3-8-21(9-4-1)12-7-13-23-14-16-24(17-15-23)18-19-25-20-22-10-5-2-6-11-22;;/h1-6,8-11H,7,12-20H2;2*1H. The third-order valence-corrected chi connectivity index (χ3v) is 5.92. The fraction of sp³-hybridized carbons (Fsp3) is 0.455. The molecule has 2 aromatic carbocycles. The molecule has 0 bridgehead atoms. The van der Waals surface area contributed by atoms with Crippen molar-refractivity contribution in [3.63, 3.8) is 0 Å². The van der Waals surface area contributed by atoms with Gasteiger partial charge in [-0.3, -0.25) is 4.90 Å². The van der Waals surface area contributed by atoms with E-state index in [1.165, 1.54) is 69.0 Å². The monoisotopic (exact) mass is 426 g/mol. The van der Waals surface area contributed by atoms with E-state index < -0.39 is 0 Å². The van der Waals surface area contributed by atoms with Crippen LogP contribution in [0.3, 0.4) is 0 Å². The third kappa shape index (κ3) is 9.36. The molecule has 0 spiro atoms. The summed E-state index contributed by atoms with van der Waals surface area (Å²) in [6, 6.07) is 21.7. The summed E-state index contributed by atoms with van der Waals surface area (Å²) in [4.78, 5) is 5.27. The number of thioether (sulfide) groups is 1. The van der Waals surface area contributed by atoms with E-state index in [1.54, 1.807) is 0 Å². The maximum atomic E-state index is 2.64. The lowest BCUT2D eigenvalue weighted by atomic mass is 10.1. The zero-order valence-electron chi connectivity index (χ0n) is 16.0. The second-order valence-electron chi connectivity index (χ2n) is 6.81. The first-order chi connectivity index (χ1) is 12.4. The van der Waals surface area contributed by atoms with Crippen molar-refractivity contribution in [2.24, 2.45) is 0 Å². The number of rotatable bonds is 9. The van der Waals surface area contributed by atoms with Crippen LogP contribution >= 0.6 is 36.6 Å². The van der Waals surface area contributed by atoms with E-state index in [9.17, 15) is 0 Å². The highest BCUT2D eigenvalue weighted by atomic mass is 35.5. The smallest absolute Gasteiger partial charge is 0.0185 e. The van der Waals surface area contributed by atoms with Crippen LogP contribution in [0.2, 0.25) is 0 Å². The summed E-state index contributed by atoms with van der Waals surface area (Å²) < 4.78 is 0. The van der Waals surface area contributed by atoms with Gasteiger partial charge in [0.05, 0.1) is 0 Å². The highest BCUT2D eigenvalue weighted by Crippen LogP contribution is 2.13. The van der Waals surface area contributed by atoms with E-state index in [4.69, 9.17) is 0 Å². The number of benzene rings is 2. The van der Waals surface area contributed by atoms with Crippen LogP contribution < -0.4 is 0 Å². The molecule has 0 atom stereocenters. The summed E-state index contributed by atoms with van der Waals surface area (Å²) in [5.74, 6) is 2.38. The van der Waals surface area contributed by atoms with Gasteiger partial charge >= 0.3 is 0 Å². The molecule has 1 aliphatic heterocycles. The SMILES string of the molecule is Cl.Cl.c1ccc(CCCN2CCN(CCSCc3ccccc3)CC2)cc1. The predicted molar refractivity (Wildman–Crippen MR) is 125 cm³/mol. The lowest BCUT2D eigenvalue weighted by Gasteiger charge is -2.34. The molecule has 2 aromatic rings. The Morgan fingerprint density at radius 1 is 0.667 bits per heavy atom. The van der Waals surface area contributed by atoms with E-state index in [-0.39, 0.29) is 24.8 Å². The zero-order valence-corrected chi connectivity index (χ0v) is 18.4. The number of nitrogens with zero attached hydrogens (tertiary/aromatic N) is 2. The summed E-state index contributed by atoms with van der Waals surface area (Å²) in [6.07, 6.45) is 2.48. The largest absolute Gasteiger partial charge is 0.301 e. The molecule has 150 valence electrons. The minimum Gasteiger partial charge on any atom is -0.301 e. The van der Waals surface area contributed by atoms with E-state index in [0.29, 0.717) is 0 Å². The zero-order chi connectivity index (χ0) is 17.2. The van der Waals surface area contributed by atoms with Crippen LogP contribution in [0.15, 0.2) is 60.7 Å². The molecule has 1 saturated heterocycles. The van der Waals surface area contributed by atoms with Crippen molar-refractivity contribution in [2.45, 2.75) is 18.6 Å². The van der Waals surface area contributed by atoms with Gasteiger partial charge in [0, 0.05) is 44.2 Å². The van der Waals surface area contributed by atoms with Gasteiger partial charge in [-0.1, -0.05) is 60.7 Å². The Bertz CT molecular complexity index is 590. The molecule has 0 unspecified atom stereocenters. The van der Waals surface area contributed by atoms with Crippen LogP contribution in [0.4, 0.5) is 0 Å². The number of hydrogen-bond donors (Lipinski definition) is 0. The Kier molecular flexibility index (Phi) is 12.9.